The van der Waals surface area contributed by atoms with Crippen LogP contribution in [0.3, 0.4) is 0 Å². The van der Waals surface area contributed by atoms with Gasteiger partial charge in [0.25, 0.3) is 5.91 Å². The van der Waals surface area contributed by atoms with E-state index in [9.17, 15) is 4.79 Å². The number of thiol groups is 1. The predicted molar refractivity (Wildman–Crippen MR) is 119 cm³/mol. The predicted octanol–water partition coefficient (Wildman–Crippen LogP) is 3.30. The average molecular weight is 414 g/mol. The number of morpholine rings is 1. The van der Waals surface area contributed by atoms with E-state index in [-0.39, 0.29) is 17.4 Å². The molecule has 0 radical (unpaired) electrons. The summed E-state index contributed by atoms with van der Waals surface area (Å²) < 4.78 is 10.7. The van der Waals surface area contributed by atoms with Crippen molar-refractivity contribution in [2.24, 2.45) is 0 Å². The molecule has 154 valence electrons. The van der Waals surface area contributed by atoms with Crippen molar-refractivity contribution in [2.75, 3.05) is 48.1 Å². The van der Waals surface area contributed by atoms with Crippen molar-refractivity contribution in [3.63, 3.8) is 0 Å². The van der Waals surface area contributed by atoms with Crippen molar-refractivity contribution in [1.29, 1.82) is 0 Å². The zero-order chi connectivity index (χ0) is 20.5. The first-order chi connectivity index (χ1) is 14.0. The van der Waals surface area contributed by atoms with Crippen molar-refractivity contribution in [3.05, 3.63) is 48.0 Å². The number of rotatable bonds is 4. The van der Waals surface area contributed by atoms with Crippen molar-refractivity contribution in [2.45, 2.75) is 25.4 Å². The Morgan fingerprint density at radius 2 is 1.72 bits per heavy atom. The number of ether oxygens (including phenoxy) is 2. The van der Waals surface area contributed by atoms with Crippen LogP contribution in [-0.4, -0.2) is 50.9 Å². The molecule has 0 aliphatic carbocycles. The van der Waals surface area contributed by atoms with Gasteiger partial charge in [0.1, 0.15) is 11.8 Å². The third kappa shape index (κ3) is 3.65. The topological polar surface area (TPSA) is 45.2 Å². The lowest BCUT2D eigenvalue weighted by Gasteiger charge is -2.31. The SMILES string of the molecule is COc1ccc(N2C(=O)C(C)N(c3ccc(N4CCOCC4)cc3)C2S)c(C)c1. The first-order valence-corrected chi connectivity index (χ1v) is 10.4. The molecular formula is C22H27N3O3S. The Labute approximate surface area is 177 Å². The third-order valence-electron chi connectivity index (χ3n) is 5.68. The molecule has 2 fully saturated rings. The highest BCUT2D eigenvalue weighted by Gasteiger charge is 2.43. The van der Waals surface area contributed by atoms with Gasteiger partial charge in [0.2, 0.25) is 0 Å². The first kappa shape index (κ1) is 19.9. The Morgan fingerprint density at radius 3 is 2.34 bits per heavy atom. The fourth-order valence-electron chi connectivity index (χ4n) is 4.04. The molecule has 2 saturated heterocycles. The van der Waals surface area contributed by atoms with Crippen molar-refractivity contribution >= 4 is 35.6 Å². The van der Waals surface area contributed by atoms with Crippen LogP contribution in [0.1, 0.15) is 12.5 Å². The van der Waals surface area contributed by atoms with E-state index in [0.29, 0.717) is 0 Å². The zero-order valence-corrected chi connectivity index (χ0v) is 17.9. The molecule has 0 bridgehead atoms. The highest BCUT2D eigenvalue weighted by Crippen LogP contribution is 2.37. The summed E-state index contributed by atoms with van der Waals surface area (Å²) in [7, 11) is 1.64. The number of carbonyl (C=O) groups is 1. The van der Waals surface area contributed by atoms with Crippen LogP contribution in [0.2, 0.25) is 0 Å². The van der Waals surface area contributed by atoms with Crippen LogP contribution < -0.4 is 19.4 Å². The molecule has 6 nitrogen and oxygen atoms in total. The molecule has 7 heteroatoms. The van der Waals surface area contributed by atoms with Gasteiger partial charge in [0.05, 0.1) is 20.3 Å². The molecule has 4 rings (SSSR count). The largest absolute Gasteiger partial charge is 0.497 e. The maximum Gasteiger partial charge on any atom is 0.251 e. The molecule has 2 atom stereocenters. The zero-order valence-electron chi connectivity index (χ0n) is 17.0. The molecule has 0 aromatic heterocycles. The molecule has 0 saturated carbocycles. The minimum atomic E-state index is -0.376. The van der Waals surface area contributed by atoms with Crippen LogP contribution in [0.4, 0.5) is 17.1 Å². The van der Waals surface area contributed by atoms with Crippen LogP contribution in [0, 0.1) is 6.92 Å². The Hall–Kier alpha value is -2.38. The minimum absolute atomic E-state index is 0.0375. The Kier molecular flexibility index (Phi) is 5.61. The lowest BCUT2D eigenvalue weighted by Crippen LogP contribution is -2.37. The molecule has 0 spiro atoms. The summed E-state index contributed by atoms with van der Waals surface area (Å²) in [5, 5.41) is 0. The van der Waals surface area contributed by atoms with Gasteiger partial charge >= 0.3 is 0 Å². The number of carbonyl (C=O) groups excluding carboxylic acids is 1. The number of nitrogens with zero attached hydrogens (tertiary/aromatic N) is 3. The van der Waals surface area contributed by atoms with E-state index in [1.165, 1.54) is 5.69 Å². The van der Waals surface area contributed by atoms with Crippen molar-refractivity contribution in [1.82, 2.24) is 0 Å². The summed E-state index contributed by atoms with van der Waals surface area (Å²) in [5.74, 6) is 0.813. The third-order valence-corrected chi connectivity index (χ3v) is 6.16. The van der Waals surface area contributed by atoms with Gasteiger partial charge in [-0.1, -0.05) is 0 Å². The maximum atomic E-state index is 13.1. The number of benzene rings is 2. The number of aryl methyl sites for hydroxylation is 1. The summed E-state index contributed by atoms with van der Waals surface area (Å²) in [4.78, 5) is 19.2. The summed E-state index contributed by atoms with van der Waals surface area (Å²) in [6, 6.07) is 13.8. The van der Waals surface area contributed by atoms with E-state index >= 15 is 0 Å². The Bertz CT molecular complexity index is 883. The van der Waals surface area contributed by atoms with Crippen LogP contribution >= 0.6 is 12.6 Å². The quantitative estimate of drug-likeness (QED) is 0.780. The first-order valence-electron chi connectivity index (χ1n) is 9.88. The highest BCUT2D eigenvalue weighted by atomic mass is 32.1. The summed E-state index contributed by atoms with van der Waals surface area (Å²) in [6.45, 7) is 7.23. The molecule has 2 aliphatic heterocycles. The molecule has 0 N–H and O–H groups in total. The number of hydrogen-bond donors (Lipinski definition) is 1. The molecule has 2 aromatic rings. The number of hydrogen-bond acceptors (Lipinski definition) is 6. The average Bonchev–Trinajstić information content (AvgIpc) is 2.97. The smallest absolute Gasteiger partial charge is 0.251 e. The lowest BCUT2D eigenvalue weighted by molar-refractivity contribution is -0.117. The second-order valence-electron chi connectivity index (χ2n) is 7.41. The van der Waals surface area contributed by atoms with E-state index in [1.54, 1.807) is 12.0 Å². The minimum Gasteiger partial charge on any atom is -0.497 e. The van der Waals surface area contributed by atoms with Gasteiger partial charge in [0, 0.05) is 30.2 Å². The van der Waals surface area contributed by atoms with Gasteiger partial charge < -0.3 is 19.3 Å². The second kappa shape index (κ2) is 8.16. The summed E-state index contributed by atoms with van der Waals surface area (Å²) >= 11 is 4.82. The summed E-state index contributed by atoms with van der Waals surface area (Å²) in [6.07, 6.45) is 0. The molecule has 29 heavy (non-hydrogen) atoms. The number of methoxy groups -OCH3 is 1. The Morgan fingerprint density at radius 1 is 1.07 bits per heavy atom. The second-order valence-corrected chi connectivity index (χ2v) is 7.87. The molecule has 2 heterocycles. The number of anilines is 3. The molecule has 2 aromatic carbocycles. The molecule has 1 amide bonds. The lowest BCUT2D eigenvalue weighted by atomic mass is 10.1. The fraction of sp³-hybridized carbons (Fsp3) is 0.409. The Balaban J connectivity index is 1.59. The normalized spacial score (nSPS) is 22.3. The van der Waals surface area contributed by atoms with Crippen LogP contribution in [0.15, 0.2) is 42.5 Å². The van der Waals surface area contributed by atoms with E-state index in [0.717, 1.165) is 49.0 Å². The van der Waals surface area contributed by atoms with Gasteiger partial charge in [-0.3, -0.25) is 9.69 Å². The van der Waals surface area contributed by atoms with Crippen molar-refractivity contribution in [3.8, 4) is 5.75 Å². The van der Waals surface area contributed by atoms with Gasteiger partial charge in [0.15, 0.2) is 5.50 Å². The van der Waals surface area contributed by atoms with E-state index in [2.05, 4.69) is 34.1 Å². The van der Waals surface area contributed by atoms with Crippen LogP contribution in [-0.2, 0) is 9.53 Å². The fourth-order valence-corrected chi connectivity index (χ4v) is 4.61. The monoisotopic (exact) mass is 413 g/mol. The van der Waals surface area contributed by atoms with Crippen molar-refractivity contribution < 1.29 is 14.3 Å². The van der Waals surface area contributed by atoms with Gasteiger partial charge in [-0.2, -0.15) is 0 Å². The summed E-state index contributed by atoms with van der Waals surface area (Å²) in [5.41, 5.74) is 3.62. The van der Waals surface area contributed by atoms with Gasteiger partial charge in [-0.25, -0.2) is 0 Å². The van der Waals surface area contributed by atoms with Crippen LogP contribution in [0.5, 0.6) is 5.75 Å². The van der Waals surface area contributed by atoms with Gasteiger partial charge in [-0.05, 0) is 61.9 Å². The number of amides is 1. The highest BCUT2D eigenvalue weighted by molar-refractivity contribution is 7.81. The van der Waals surface area contributed by atoms with E-state index in [1.807, 2.05) is 32.0 Å². The molecular weight excluding hydrogens is 386 g/mol. The maximum absolute atomic E-state index is 13.1. The molecule has 2 unspecified atom stereocenters. The standard InChI is InChI=1S/C22H27N3O3S/c1-15-14-19(27-3)8-9-20(15)25-21(26)16(2)24(22(25)29)18-6-4-17(5-7-18)23-10-12-28-13-11-23/h4-9,14,16,22,29H,10-13H2,1-3H3. The van der Waals surface area contributed by atoms with E-state index < -0.39 is 0 Å². The molecule has 2 aliphatic rings. The van der Waals surface area contributed by atoms with E-state index in [4.69, 9.17) is 22.1 Å². The van der Waals surface area contributed by atoms with Gasteiger partial charge in [-0.15, -0.1) is 12.6 Å². The van der Waals surface area contributed by atoms with Crippen LogP contribution in [0.25, 0.3) is 0 Å².